The van der Waals surface area contributed by atoms with Crippen molar-refractivity contribution in [2.75, 3.05) is 11.2 Å². The number of rotatable bonds is 2. The van der Waals surface area contributed by atoms with Crippen molar-refractivity contribution in [2.45, 2.75) is 6.18 Å². The number of hydrogen-bond acceptors (Lipinski definition) is 6. The zero-order valence-electron chi connectivity index (χ0n) is 11.4. The van der Waals surface area contributed by atoms with Crippen LogP contribution in [0.2, 0.25) is 0 Å². The molecule has 0 atom stereocenters. The van der Waals surface area contributed by atoms with Crippen molar-refractivity contribution in [1.29, 1.82) is 10.5 Å². The van der Waals surface area contributed by atoms with Crippen LogP contribution < -0.4 is 17.0 Å². The molecule has 0 spiro atoms. The molecule has 0 aliphatic rings. The highest BCUT2D eigenvalue weighted by molar-refractivity contribution is 5.84. The summed E-state index contributed by atoms with van der Waals surface area (Å²) in [5, 5.41) is 18.5. The van der Waals surface area contributed by atoms with E-state index < -0.39 is 11.7 Å². The Morgan fingerprint density at radius 2 is 1.61 bits per heavy atom. The first kappa shape index (κ1) is 16.1. The molecule has 0 amide bonds. The molecule has 9 heteroatoms. The Morgan fingerprint density at radius 1 is 1.04 bits per heavy atom. The number of hydrogen-bond donors (Lipinski definition) is 3. The van der Waals surface area contributed by atoms with Crippen molar-refractivity contribution in [3.63, 3.8) is 0 Å². The van der Waals surface area contributed by atoms with Gasteiger partial charge in [0.1, 0.15) is 29.1 Å². The summed E-state index contributed by atoms with van der Waals surface area (Å²) in [6.07, 6.45) is -4.49. The lowest BCUT2D eigenvalue weighted by Crippen LogP contribution is -2.13. The first-order valence-electron chi connectivity index (χ1n) is 6.11. The molecule has 1 heterocycles. The summed E-state index contributed by atoms with van der Waals surface area (Å²) < 4.78 is 37.9. The Kier molecular flexibility index (Phi) is 4.08. The number of nitriles is 2. The van der Waals surface area contributed by atoms with Crippen LogP contribution >= 0.6 is 0 Å². The first-order valence-corrected chi connectivity index (χ1v) is 6.11. The summed E-state index contributed by atoms with van der Waals surface area (Å²) in [6, 6.07) is 7.64. The second kappa shape index (κ2) is 5.83. The number of benzene rings is 1. The largest absolute Gasteiger partial charge is 0.416 e. The van der Waals surface area contributed by atoms with Gasteiger partial charge in [0.15, 0.2) is 5.82 Å². The monoisotopic (exact) mass is 318 g/mol. The minimum atomic E-state index is -4.49. The van der Waals surface area contributed by atoms with Crippen molar-refractivity contribution in [1.82, 2.24) is 4.98 Å². The number of nitrogens with two attached hydrogens (primary N) is 2. The summed E-state index contributed by atoms with van der Waals surface area (Å²) in [4.78, 5) is 3.79. The Balaban J connectivity index is 2.75. The minimum Gasteiger partial charge on any atom is -0.383 e. The number of nitrogens with zero attached hydrogens (tertiary/aromatic N) is 3. The van der Waals surface area contributed by atoms with E-state index in [1.54, 1.807) is 6.07 Å². The molecular formula is C14H9F3N6. The van der Waals surface area contributed by atoms with Crippen LogP contribution in [0.1, 0.15) is 16.7 Å². The molecule has 0 unspecified atom stereocenters. The molecule has 0 bridgehead atoms. The molecule has 6 nitrogen and oxygen atoms in total. The third-order valence-corrected chi connectivity index (χ3v) is 3.09. The second-order valence-corrected chi connectivity index (χ2v) is 4.41. The van der Waals surface area contributed by atoms with Gasteiger partial charge in [-0.15, -0.1) is 0 Å². The van der Waals surface area contributed by atoms with Gasteiger partial charge in [-0.1, -0.05) is 12.1 Å². The van der Waals surface area contributed by atoms with E-state index in [4.69, 9.17) is 11.6 Å². The molecule has 0 radical (unpaired) electrons. The quantitative estimate of drug-likeness (QED) is 0.576. The van der Waals surface area contributed by atoms with Gasteiger partial charge in [0.05, 0.1) is 5.56 Å². The molecule has 0 aliphatic heterocycles. The molecule has 2 rings (SSSR count). The first-order chi connectivity index (χ1) is 10.8. The lowest BCUT2D eigenvalue weighted by Gasteiger charge is -2.13. The molecule has 0 saturated heterocycles. The highest BCUT2D eigenvalue weighted by Gasteiger charge is 2.30. The molecule has 23 heavy (non-hydrogen) atoms. The normalized spacial score (nSPS) is 10.7. The highest BCUT2D eigenvalue weighted by Crippen LogP contribution is 2.36. The zero-order valence-corrected chi connectivity index (χ0v) is 11.4. The van der Waals surface area contributed by atoms with Gasteiger partial charge in [-0.05, 0) is 17.7 Å². The Morgan fingerprint density at radius 3 is 2.04 bits per heavy atom. The molecule has 2 aromatic rings. The van der Waals surface area contributed by atoms with E-state index in [0.717, 1.165) is 24.3 Å². The van der Waals surface area contributed by atoms with Crippen molar-refractivity contribution in [3.05, 3.63) is 41.0 Å². The highest BCUT2D eigenvalue weighted by atomic mass is 19.4. The number of alkyl halides is 3. The summed E-state index contributed by atoms with van der Waals surface area (Å²) in [5.41, 5.74) is 7.08. The topological polar surface area (TPSA) is 125 Å². The SMILES string of the molecule is N#Cc1c(N)nc(NN)c(C#N)c1-c1ccc(C(F)(F)F)cc1. The molecule has 1 aromatic heterocycles. The summed E-state index contributed by atoms with van der Waals surface area (Å²) >= 11 is 0. The predicted molar refractivity (Wildman–Crippen MR) is 76.3 cm³/mol. The average molecular weight is 318 g/mol. The van der Waals surface area contributed by atoms with Gasteiger partial charge in [0, 0.05) is 5.56 Å². The fourth-order valence-corrected chi connectivity index (χ4v) is 2.04. The molecule has 1 aromatic carbocycles. The number of halogens is 3. The molecular weight excluding hydrogens is 309 g/mol. The van der Waals surface area contributed by atoms with Gasteiger partial charge in [0.25, 0.3) is 0 Å². The third-order valence-electron chi connectivity index (χ3n) is 3.09. The summed E-state index contributed by atoms with van der Waals surface area (Å²) in [6.45, 7) is 0. The Labute approximate surface area is 128 Å². The average Bonchev–Trinajstić information content (AvgIpc) is 2.53. The van der Waals surface area contributed by atoms with Crippen LogP contribution in [0.3, 0.4) is 0 Å². The standard InChI is InChI=1S/C14H9F3N6/c15-14(16,17)8-3-1-7(2-4-8)11-9(5-18)12(20)22-13(23-21)10(11)6-19/h1-4H,21H2,(H3,20,22,23). The molecule has 0 fully saturated rings. The van der Waals surface area contributed by atoms with E-state index in [9.17, 15) is 23.7 Å². The van der Waals surface area contributed by atoms with Crippen molar-refractivity contribution < 1.29 is 13.2 Å². The van der Waals surface area contributed by atoms with Gasteiger partial charge in [0.2, 0.25) is 0 Å². The second-order valence-electron chi connectivity index (χ2n) is 4.41. The van der Waals surface area contributed by atoms with Crippen LogP contribution in [0.5, 0.6) is 0 Å². The Bertz CT molecular complexity index is 828. The van der Waals surface area contributed by atoms with E-state index in [2.05, 4.69) is 10.4 Å². The molecule has 0 saturated carbocycles. The smallest absolute Gasteiger partial charge is 0.383 e. The van der Waals surface area contributed by atoms with Gasteiger partial charge >= 0.3 is 6.18 Å². The van der Waals surface area contributed by atoms with Gasteiger partial charge in [-0.25, -0.2) is 10.8 Å². The van der Waals surface area contributed by atoms with Crippen molar-refractivity contribution in [3.8, 4) is 23.3 Å². The fraction of sp³-hybridized carbons (Fsp3) is 0.0714. The van der Waals surface area contributed by atoms with E-state index in [1.165, 1.54) is 0 Å². The van der Waals surface area contributed by atoms with Crippen LogP contribution in [0.15, 0.2) is 24.3 Å². The number of pyridine rings is 1. The maximum atomic E-state index is 12.6. The lowest BCUT2D eigenvalue weighted by atomic mass is 9.95. The van der Waals surface area contributed by atoms with Crippen LogP contribution in [0, 0.1) is 22.7 Å². The number of nitrogen functional groups attached to an aromatic ring is 2. The Hall–Kier alpha value is -3.30. The number of nitrogens with one attached hydrogen (secondary N) is 1. The van der Waals surface area contributed by atoms with E-state index in [-0.39, 0.29) is 33.9 Å². The van der Waals surface area contributed by atoms with E-state index >= 15 is 0 Å². The van der Waals surface area contributed by atoms with Crippen LogP contribution in [-0.4, -0.2) is 4.98 Å². The lowest BCUT2D eigenvalue weighted by molar-refractivity contribution is -0.137. The summed E-state index contributed by atoms with van der Waals surface area (Å²) in [7, 11) is 0. The van der Waals surface area contributed by atoms with Crippen molar-refractivity contribution in [2.24, 2.45) is 5.84 Å². The minimum absolute atomic E-state index is 0.0705. The van der Waals surface area contributed by atoms with Crippen LogP contribution in [-0.2, 0) is 6.18 Å². The van der Waals surface area contributed by atoms with Gasteiger partial charge in [-0.2, -0.15) is 23.7 Å². The van der Waals surface area contributed by atoms with Crippen LogP contribution in [0.25, 0.3) is 11.1 Å². The van der Waals surface area contributed by atoms with E-state index in [1.807, 2.05) is 6.07 Å². The van der Waals surface area contributed by atoms with E-state index in [0.29, 0.717) is 0 Å². The molecule has 5 N–H and O–H groups in total. The fourth-order valence-electron chi connectivity index (χ4n) is 2.04. The summed E-state index contributed by atoms with van der Waals surface area (Å²) in [5.74, 6) is 5.01. The maximum Gasteiger partial charge on any atom is 0.416 e. The van der Waals surface area contributed by atoms with Gasteiger partial charge < -0.3 is 11.2 Å². The number of aromatic nitrogens is 1. The molecule has 0 aliphatic carbocycles. The predicted octanol–water partition coefficient (Wildman–Crippen LogP) is 2.38. The van der Waals surface area contributed by atoms with Gasteiger partial charge in [-0.3, -0.25) is 0 Å². The number of hydrazine groups is 1. The van der Waals surface area contributed by atoms with Crippen LogP contribution in [0.4, 0.5) is 24.8 Å². The van der Waals surface area contributed by atoms with Crippen molar-refractivity contribution >= 4 is 11.6 Å². The maximum absolute atomic E-state index is 12.6. The number of anilines is 2. The zero-order chi connectivity index (χ0) is 17.2. The molecule has 116 valence electrons. The third kappa shape index (κ3) is 2.86.